The van der Waals surface area contributed by atoms with Crippen LogP contribution < -0.4 is 5.32 Å². The van der Waals surface area contributed by atoms with Crippen molar-refractivity contribution in [3.63, 3.8) is 0 Å². The summed E-state index contributed by atoms with van der Waals surface area (Å²) in [6.07, 6.45) is 8.77. The van der Waals surface area contributed by atoms with Crippen LogP contribution in [-0.2, 0) is 20.7 Å². The second-order valence-corrected chi connectivity index (χ2v) is 8.98. The van der Waals surface area contributed by atoms with Gasteiger partial charge in [0.25, 0.3) is 12.4 Å². The van der Waals surface area contributed by atoms with Gasteiger partial charge in [-0.2, -0.15) is 0 Å². The molecule has 2 amide bonds. The van der Waals surface area contributed by atoms with E-state index >= 15 is 0 Å². The number of amides is 2. The molecule has 0 aromatic carbocycles. The Labute approximate surface area is 194 Å². The van der Waals surface area contributed by atoms with Crippen LogP contribution in [-0.4, -0.2) is 95.1 Å². The first-order chi connectivity index (χ1) is 16.0. The summed E-state index contributed by atoms with van der Waals surface area (Å²) in [7, 11) is 0. The van der Waals surface area contributed by atoms with E-state index in [4.69, 9.17) is 14.6 Å². The molecule has 1 atom stereocenters. The molecule has 1 aromatic heterocycles. The number of carboxylic acid groups (broad SMARTS) is 1. The molecule has 3 heterocycles. The van der Waals surface area contributed by atoms with E-state index in [1.807, 2.05) is 11.8 Å². The monoisotopic (exact) mass is 461 g/mol. The molecule has 0 bridgehead atoms. The van der Waals surface area contributed by atoms with E-state index in [0.717, 1.165) is 50.6 Å². The molecule has 2 saturated heterocycles. The standard InChI is InChI=1S/C22H33N5O3.CH2O2/c1-2-20-23-9-18(10-24-20)22(29)25-11-19-14-27(21(28)15-30-19)13-17-5-7-26(8-6-17)12-16-3-4-16;2-1-3/h9-10,16-17,19H,2-8,11-15H2,1H3,(H,25,29);1H,(H,2,3). The van der Waals surface area contributed by atoms with E-state index < -0.39 is 0 Å². The van der Waals surface area contributed by atoms with Crippen LogP contribution in [0.2, 0.25) is 0 Å². The Balaban J connectivity index is 0.000000968. The maximum atomic E-state index is 12.3. The van der Waals surface area contributed by atoms with Crippen LogP contribution in [0.15, 0.2) is 12.4 Å². The predicted octanol–water partition coefficient (Wildman–Crippen LogP) is 0.819. The van der Waals surface area contributed by atoms with Crippen LogP contribution in [0.25, 0.3) is 0 Å². The molecule has 1 unspecified atom stereocenters. The van der Waals surface area contributed by atoms with Crippen LogP contribution in [0.4, 0.5) is 0 Å². The van der Waals surface area contributed by atoms with Crippen LogP contribution >= 0.6 is 0 Å². The first-order valence-corrected chi connectivity index (χ1v) is 11.8. The zero-order valence-corrected chi connectivity index (χ0v) is 19.3. The molecule has 4 rings (SSSR count). The second kappa shape index (κ2) is 12.6. The van der Waals surface area contributed by atoms with E-state index in [9.17, 15) is 9.59 Å². The minimum atomic E-state index is -0.250. The number of aryl methyl sites for hydroxylation is 1. The number of morpholine rings is 1. The van der Waals surface area contributed by atoms with E-state index in [2.05, 4.69) is 20.2 Å². The van der Waals surface area contributed by atoms with Gasteiger partial charge in [0.1, 0.15) is 12.4 Å². The zero-order chi connectivity index (χ0) is 23.6. The molecule has 10 heteroatoms. The van der Waals surface area contributed by atoms with E-state index in [1.165, 1.54) is 19.4 Å². The Morgan fingerprint density at radius 3 is 2.42 bits per heavy atom. The molecule has 182 valence electrons. The average molecular weight is 462 g/mol. The Bertz CT molecular complexity index is 778. The number of rotatable bonds is 8. The van der Waals surface area contributed by atoms with Crippen LogP contribution in [0, 0.1) is 11.8 Å². The maximum absolute atomic E-state index is 12.3. The van der Waals surface area contributed by atoms with Gasteiger partial charge in [-0.3, -0.25) is 14.4 Å². The van der Waals surface area contributed by atoms with Crippen LogP contribution in [0.1, 0.15) is 48.8 Å². The molecule has 0 radical (unpaired) electrons. The fraction of sp³-hybridized carbons (Fsp3) is 0.696. The van der Waals surface area contributed by atoms with Crippen molar-refractivity contribution in [3.05, 3.63) is 23.8 Å². The number of nitrogens with zero attached hydrogens (tertiary/aromatic N) is 4. The number of ether oxygens (including phenoxy) is 1. The summed E-state index contributed by atoms with van der Waals surface area (Å²) in [6.45, 7) is 7.09. The SMILES string of the molecule is CCc1ncc(C(=O)NCC2CN(CC3CCN(CC4CC4)CC3)C(=O)CO2)cn1.O=CO. The Kier molecular flexibility index (Phi) is 9.56. The predicted molar refractivity (Wildman–Crippen MR) is 121 cm³/mol. The van der Waals surface area contributed by atoms with Crippen molar-refractivity contribution < 1.29 is 24.2 Å². The number of aromatic nitrogens is 2. The largest absolute Gasteiger partial charge is 0.483 e. The molecule has 1 saturated carbocycles. The van der Waals surface area contributed by atoms with Crippen molar-refractivity contribution >= 4 is 18.3 Å². The van der Waals surface area contributed by atoms with E-state index in [1.54, 1.807) is 12.4 Å². The first kappa shape index (κ1) is 25.0. The minimum Gasteiger partial charge on any atom is -0.483 e. The Hall–Kier alpha value is -2.59. The lowest BCUT2D eigenvalue weighted by Crippen LogP contribution is -2.52. The fourth-order valence-corrected chi connectivity index (χ4v) is 4.27. The smallest absolute Gasteiger partial charge is 0.290 e. The van der Waals surface area contributed by atoms with Gasteiger partial charge in [0.15, 0.2) is 0 Å². The van der Waals surface area contributed by atoms with Gasteiger partial charge in [0.05, 0.1) is 11.7 Å². The van der Waals surface area contributed by atoms with Crippen molar-refractivity contribution in [2.45, 2.75) is 45.1 Å². The van der Waals surface area contributed by atoms with Gasteiger partial charge in [-0.25, -0.2) is 9.97 Å². The summed E-state index contributed by atoms with van der Waals surface area (Å²) < 4.78 is 5.65. The zero-order valence-electron chi connectivity index (χ0n) is 19.3. The fourth-order valence-electron chi connectivity index (χ4n) is 4.27. The highest BCUT2D eigenvalue weighted by molar-refractivity contribution is 5.93. The summed E-state index contributed by atoms with van der Waals surface area (Å²) in [4.78, 5) is 45.9. The highest BCUT2D eigenvalue weighted by Crippen LogP contribution is 2.31. The lowest BCUT2D eigenvalue weighted by molar-refractivity contribution is -0.149. The second-order valence-electron chi connectivity index (χ2n) is 8.98. The molecule has 0 spiro atoms. The number of piperidine rings is 1. The van der Waals surface area contributed by atoms with Gasteiger partial charge in [-0.1, -0.05) is 6.92 Å². The molecule has 1 aromatic rings. The van der Waals surface area contributed by atoms with Crippen molar-refractivity contribution in [3.8, 4) is 0 Å². The summed E-state index contributed by atoms with van der Waals surface area (Å²) in [5.74, 6) is 2.06. The van der Waals surface area contributed by atoms with Gasteiger partial charge < -0.3 is 25.0 Å². The average Bonchev–Trinajstić information content (AvgIpc) is 3.65. The molecule has 3 aliphatic rings. The highest BCUT2D eigenvalue weighted by atomic mass is 16.5. The topological polar surface area (TPSA) is 125 Å². The Morgan fingerprint density at radius 2 is 1.82 bits per heavy atom. The van der Waals surface area contributed by atoms with Gasteiger partial charge >= 0.3 is 0 Å². The molecule has 2 aliphatic heterocycles. The first-order valence-electron chi connectivity index (χ1n) is 11.8. The minimum absolute atomic E-state index is 0.0570. The number of nitrogens with one attached hydrogen (secondary N) is 1. The van der Waals surface area contributed by atoms with Crippen molar-refractivity contribution in [2.24, 2.45) is 11.8 Å². The lowest BCUT2D eigenvalue weighted by Gasteiger charge is -2.38. The van der Waals surface area contributed by atoms with Gasteiger partial charge in [-0.05, 0) is 50.6 Å². The van der Waals surface area contributed by atoms with Gasteiger partial charge in [0, 0.05) is 45.0 Å². The summed E-state index contributed by atoms with van der Waals surface area (Å²) in [6, 6.07) is 0. The van der Waals surface area contributed by atoms with Crippen molar-refractivity contribution in [2.75, 3.05) is 45.9 Å². The maximum Gasteiger partial charge on any atom is 0.290 e. The number of hydrogen-bond donors (Lipinski definition) is 2. The number of carbonyl (C=O) groups is 3. The van der Waals surface area contributed by atoms with Gasteiger partial charge in [-0.15, -0.1) is 0 Å². The normalized spacial score (nSPS) is 21.8. The van der Waals surface area contributed by atoms with E-state index in [0.29, 0.717) is 24.6 Å². The summed E-state index contributed by atoms with van der Waals surface area (Å²) >= 11 is 0. The van der Waals surface area contributed by atoms with Crippen LogP contribution in [0.3, 0.4) is 0 Å². The molecule has 33 heavy (non-hydrogen) atoms. The molecular formula is C23H35N5O5. The molecule has 3 fully saturated rings. The van der Waals surface area contributed by atoms with Gasteiger partial charge in [0.2, 0.25) is 5.91 Å². The molecule has 1 aliphatic carbocycles. The number of likely N-dealkylation sites (tertiary alicyclic amines) is 1. The van der Waals surface area contributed by atoms with Crippen LogP contribution in [0.5, 0.6) is 0 Å². The van der Waals surface area contributed by atoms with E-state index in [-0.39, 0.29) is 31.0 Å². The third-order valence-corrected chi connectivity index (χ3v) is 6.39. The molecule has 2 N–H and O–H groups in total. The number of carbonyl (C=O) groups excluding carboxylic acids is 2. The number of hydrogen-bond acceptors (Lipinski definition) is 7. The summed E-state index contributed by atoms with van der Waals surface area (Å²) in [5.41, 5.74) is 0.439. The third kappa shape index (κ3) is 8.04. The highest BCUT2D eigenvalue weighted by Gasteiger charge is 2.31. The van der Waals surface area contributed by atoms with Crippen molar-refractivity contribution in [1.29, 1.82) is 0 Å². The van der Waals surface area contributed by atoms with Crippen molar-refractivity contribution in [1.82, 2.24) is 25.1 Å². The quantitative estimate of drug-likeness (QED) is 0.545. The molecular weight excluding hydrogens is 426 g/mol. The lowest BCUT2D eigenvalue weighted by atomic mass is 9.95. The molecule has 10 nitrogen and oxygen atoms in total. The Morgan fingerprint density at radius 1 is 1.18 bits per heavy atom. The third-order valence-electron chi connectivity index (χ3n) is 6.39. The summed E-state index contributed by atoms with van der Waals surface area (Å²) in [5, 5.41) is 9.78.